The maximum atomic E-state index is 16.7. The summed E-state index contributed by atoms with van der Waals surface area (Å²) in [6.45, 7) is 0. The van der Waals surface area contributed by atoms with Crippen molar-refractivity contribution in [3.8, 4) is 0 Å². The van der Waals surface area contributed by atoms with Gasteiger partial charge in [0, 0.05) is 43.7 Å². The van der Waals surface area contributed by atoms with E-state index >= 15 is 9.13 Å². The van der Waals surface area contributed by atoms with Crippen molar-refractivity contribution in [2.24, 2.45) is 0 Å². The Kier molecular flexibility index (Phi) is 8.24. The van der Waals surface area contributed by atoms with Gasteiger partial charge in [-0.1, -0.05) is 206 Å². The molecule has 0 aliphatic heterocycles. The summed E-state index contributed by atoms with van der Waals surface area (Å²) in [5.74, 6) is -0.254. The first-order chi connectivity index (χ1) is 25.6. The van der Waals surface area contributed by atoms with Gasteiger partial charge >= 0.3 is 0 Å². The van der Waals surface area contributed by atoms with Gasteiger partial charge in [0.25, 0.3) is 0 Å². The quantitative estimate of drug-likeness (QED) is 0.148. The number of benzene rings is 8. The van der Waals surface area contributed by atoms with E-state index in [0.717, 1.165) is 64.9 Å². The molecule has 0 spiro atoms. The molecule has 2 unspecified atom stereocenters. The molecule has 9 rings (SSSR count). The van der Waals surface area contributed by atoms with Crippen molar-refractivity contribution in [1.82, 2.24) is 0 Å². The molecule has 1 aliphatic carbocycles. The van der Waals surface area contributed by atoms with Crippen LogP contribution in [-0.2, 0) is 9.13 Å². The molecule has 0 radical (unpaired) electrons. The minimum Gasteiger partial charge on any atom is -0.309 e. The van der Waals surface area contributed by atoms with Crippen LogP contribution in [0.4, 0.5) is 0 Å². The van der Waals surface area contributed by atoms with Crippen molar-refractivity contribution in [2.45, 2.75) is 11.8 Å². The lowest BCUT2D eigenvalue weighted by molar-refractivity contribution is 0.585. The van der Waals surface area contributed by atoms with E-state index < -0.39 is 14.3 Å². The molecule has 0 heterocycles. The van der Waals surface area contributed by atoms with Gasteiger partial charge < -0.3 is 9.13 Å². The van der Waals surface area contributed by atoms with Crippen LogP contribution in [0.5, 0.6) is 0 Å². The van der Waals surface area contributed by atoms with Crippen molar-refractivity contribution in [1.29, 1.82) is 0 Å². The highest BCUT2D eigenvalue weighted by Crippen LogP contribution is 2.61. The molecule has 1 aliphatic rings. The maximum Gasteiger partial charge on any atom is 0.171 e. The predicted octanol–water partition coefficient (Wildman–Crippen LogP) is 9.40. The number of hydrogen-bond donors (Lipinski definition) is 0. The maximum absolute atomic E-state index is 16.7. The molecule has 8 aromatic rings. The van der Waals surface area contributed by atoms with Crippen LogP contribution >= 0.6 is 14.3 Å². The Morgan fingerprint density at radius 3 is 0.788 bits per heavy atom. The van der Waals surface area contributed by atoms with Crippen LogP contribution in [0.2, 0.25) is 0 Å². The van der Waals surface area contributed by atoms with Gasteiger partial charge in [0.2, 0.25) is 0 Å². The van der Waals surface area contributed by atoms with Crippen LogP contribution < -0.4 is 31.8 Å². The molecule has 2 atom stereocenters. The fourth-order valence-corrected chi connectivity index (χ4v) is 14.7. The molecule has 0 N–H and O–H groups in total. The molecule has 0 bridgehead atoms. The molecule has 0 saturated heterocycles. The monoisotopic (exact) mass is 706 g/mol. The normalized spacial score (nSPS) is 15.5. The zero-order valence-electron chi connectivity index (χ0n) is 28.5. The molecular formula is C48H36O2P2. The van der Waals surface area contributed by atoms with E-state index in [1.807, 2.05) is 146 Å². The lowest BCUT2D eigenvalue weighted by atomic mass is 9.61. The average Bonchev–Trinajstić information content (AvgIpc) is 3.22. The number of hydrogen-bond acceptors (Lipinski definition) is 2. The number of rotatable bonds is 8. The Hall–Kier alpha value is -5.52. The molecule has 8 aromatic carbocycles. The van der Waals surface area contributed by atoms with E-state index in [0.29, 0.717) is 0 Å². The van der Waals surface area contributed by atoms with Crippen molar-refractivity contribution in [2.75, 3.05) is 0 Å². The van der Waals surface area contributed by atoms with E-state index in [1.165, 1.54) is 0 Å². The van der Waals surface area contributed by atoms with E-state index in [1.54, 1.807) is 0 Å². The van der Waals surface area contributed by atoms with Crippen LogP contribution in [0.15, 0.2) is 206 Å². The molecule has 0 fully saturated rings. The average molecular weight is 707 g/mol. The van der Waals surface area contributed by atoms with Gasteiger partial charge in [0.1, 0.15) is 0 Å². The molecule has 2 nitrogen and oxygen atoms in total. The fourth-order valence-electron chi connectivity index (χ4n) is 8.39. The van der Waals surface area contributed by atoms with Crippen molar-refractivity contribution < 1.29 is 9.13 Å². The van der Waals surface area contributed by atoms with Gasteiger partial charge in [-0.15, -0.1) is 0 Å². The molecular weight excluding hydrogens is 670 g/mol. The van der Waals surface area contributed by atoms with Crippen LogP contribution in [-0.4, -0.2) is 0 Å². The standard InChI is InChI=1S/C48H36O2P2/c49-51(37-25-11-3-12-26-37,38-27-13-4-14-28-38)47-41-33-19-20-34-42(41)48(52(50,39-29-15-5-16-30-39)40-31-17-6-18-32-40)46-44(36-23-9-2-10-24-36)43(45(46)47)35-21-7-1-8-22-35/h1-34,43-44H. The predicted molar refractivity (Wildman–Crippen MR) is 219 cm³/mol. The van der Waals surface area contributed by atoms with E-state index in [4.69, 9.17) is 0 Å². The summed E-state index contributed by atoms with van der Waals surface area (Å²) in [6, 6.07) is 69.3. The van der Waals surface area contributed by atoms with E-state index in [2.05, 4.69) is 60.7 Å². The highest BCUT2D eigenvalue weighted by molar-refractivity contribution is 7.86. The molecule has 0 amide bonds. The Morgan fingerprint density at radius 2 is 0.519 bits per heavy atom. The van der Waals surface area contributed by atoms with Crippen molar-refractivity contribution >= 4 is 56.9 Å². The van der Waals surface area contributed by atoms with Crippen LogP contribution in [0.1, 0.15) is 34.1 Å². The van der Waals surface area contributed by atoms with Gasteiger partial charge in [-0.3, -0.25) is 0 Å². The zero-order valence-corrected chi connectivity index (χ0v) is 30.3. The minimum absolute atomic E-state index is 0.127. The Morgan fingerprint density at radius 1 is 0.288 bits per heavy atom. The molecule has 250 valence electrons. The lowest BCUT2D eigenvalue weighted by Gasteiger charge is -2.46. The van der Waals surface area contributed by atoms with Gasteiger partial charge in [0.15, 0.2) is 14.3 Å². The highest BCUT2D eigenvalue weighted by atomic mass is 31.2. The number of fused-ring (bicyclic) bond motifs is 2. The summed E-state index contributed by atoms with van der Waals surface area (Å²) in [5.41, 5.74) is 4.34. The van der Waals surface area contributed by atoms with Crippen LogP contribution in [0.25, 0.3) is 10.8 Å². The first-order valence-electron chi connectivity index (χ1n) is 17.7. The Labute approximate surface area is 305 Å². The van der Waals surface area contributed by atoms with E-state index in [-0.39, 0.29) is 11.8 Å². The van der Waals surface area contributed by atoms with Crippen molar-refractivity contribution in [3.05, 3.63) is 229 Å². The van der Waals surface area contributed by atoms with Crippen molar-refractivity contribution in [3.63, 3.8) is 0 Å². The summed E-state index contributed by atoms with van der Waals surface area (Å²) in [7, 11) is -7.03. The summed E-state index contributed by atoms with van der Waals surface area (Å²) in [5, 5.41) is 6.58. The molecule has 52 heavy (non-hydrogen) atoms. The van der Waals surface area contributed by atoms with Gasteiger partial charge in [0.05, 0.1) is 0 Å². The largest absolute Gasteiger partial charge is 0.309 e. The molecule has 0 saturated carbocycles. The lowest BCUT2D eigenvalue weighted by Crippen LogP contribution is -2.43. The SMILES string of the molecule is O=P(c1ccccc1)(c1ccccc1)c1c2c(c(P(=O)(c3ccccc3)c3ccccc3)c3ccccc13)C(c1ccccc1)C2c1ccccc1. The summed E-state index contributed by atoms with van der Waals surface area (Å²) >= 11 is 0. The topological polar surface area (TPSA) is 34.1 Å². The zero-order chi connectivity index (χ0) is 35.1. The van der Waals surface area contributed by atoms with Crippen LogP contribution in [0, 0.1) is 0 Å². The molecule has 4 heteroatoms. The second-order valence-corrected chi connectivity index (χ2v) is 18.8. The summed E-state index contributed by atoms with van der Waals surface area (Å²) in [6.07, 6.45) is 0. The third kappa shape index (κ3) is 5.02. The minimum atomic E-state index is -3.52. The smallest absolute Gasteiger partial charge is 0.171 e. The Balaban J connectivity index is 1.52. The fraction of sp³-hybridized carbons (Fsp3) is 0.0417. The van der Waals surface area contributed by atoms with Gasteiger partial charge in [-0.2, -0.15) is 0 Å². The molecule has 0 aromatic heterocycles. The third-order valence-electron chi connectivity index (χ3n) is 10.6. The second kappa shape index (κ2) is 13.2. The summed E-state index contributed by atoms with van der Waals surface area (Å²) in [4.78, 5) is 0. The van der Waals surface area contributed by atoms with Crippen LogP contribution in [0.3, 0.4) is 0 Å². The highest BCUT2D eigenvalue weighted by Gasteiger charge is 2.51. The van der Waals surface area contributed by atoms with Gasteiger partial charge in [-0.05, 0) is 33.0 Å². The first kappa shape index (κ1) is 32.4. The third-order valence-corrected chi connectivity index (χ3v) is 16.9. The van der Waals surface area contributed by atoms with Gasteiger partial charge in [-0.25, -0.2) is 0 Å². The second-order valence-electron chi connectivity index (χ2n) is 13.4. The summed E-state index contributed by atoms with van der Waals surface area (Å²) < 4.78 is 33.4. The Bertz CT molecular complexity index is 2340. The van der Waals surface area contributed by atoms with E-state index in [9.17, 15) is 0 Å². The first-order valence-corrected chi connectivity index (χ1v) is 21.1.